The fourth-order valence-electron chi connectivity index (χ4n) is 2.09. The Morgan fingerprint density at radius 1 is 1.15 bits per heavy atom. The fourth-order valence-corrected chi connectivity index (χ4v) is 2.85. The van der Waals surface area contributed by atoms with Crippen LogP contribution >= 0.6 is 27.5 Å². The lowest BCUT2D eigenvalue weighted by Crippen LogP contribution is -2.26. The van der Waals surface area contributed by atoms with Gasteiger partial charge in [0.25, 0.3) is 0 Å². The van der Waals surface area contributed by atoms with E-state index in [0.717, 1.165) is 5.56 Å². The van der Waals surface area contributed by atoms with E-state index in [4.69, 9.17) is 17.3 Å². The summed E-state index contributed by atoms with van der Waals surface area (Å²) in [6, 6.07) is 8.80. The van der Waals surface area contributed by atoms with Gasteiger partial charge in [-0.15, -0.1) is 0 Å². The van der Waals surface area contributed by atoms with Crippen LogP contribution in [0.15, 0.2) is 40.9 Å². The van der Waals surface area contributed by atoms with Gasteiger partial charge in [0.2, 0.25) is 0 Å². The Labute approximate surface area is 129 Å². The molecule has 0 saturated carbocycles. The minimum Gasteiger partial charge on any atom is -0.327 e. The van der Waals surface area contributed by atoms with Crippen molar-refractivity contribution in [1.29, 1.82) is 0 Å². The van der Waals surface area contributed by atoms with Crippen LogP contribution < -0.4 is 5.73 Å². The summed E-state index contributed by atoms with van der Waals surface area (Å²) in [5.74, 6) is -0.695. The summed E-state index contributed by atoms with van der Waals surface area (Å²) in [5.41, 5.74) is 7.17. The van der Waals surface area contributed by atoms with Gasteiger partial charge in [-0.2, -0.15) is 0 Å². The van der Waals surface area contributed by atoms with E-state index >= 15 is 0 Å². The van der Waals surface area contributed by atoms with Gasteiger partial charge < -0.3 is 5.73 Å². The van der Waals surface area contributed by atoms with E-state index in [-0.39, 0.29) is 17.7 Å². The third-order valence-electron chi connectivity index (χ3n) is 2.95. The first kappa shape index (κ1) is 15.4. The summed E-state index contributed by atoms with van der Waals surface area (Å²) in [7, 11) is 0. The molecule has 0 radical (unpaired) electrons. The van der Waals surface area contributed by atoms with Crippen LogP contribution in [-0.2, 0) is 12.8 Å². The molecule has 0 bridgehead atoms. The molecule has 0 heterocycles. The van der Waals surface area contributed by atoms with Crippen molar-refractivity contribution in [2.75, 3.05) is 0 Å². The highest BCUT2D eigenvalue weighted by atomic mass is 79.9. The topological polar surface area (TPSA) is 26.0 Å². The quantitative estimate of drug-likeness (QED) is 0.854. The van der Waals surface area contributed by atoms with E-state index in [1.165, 1.54) is 18.2 Å². The molecule has 0 aliphatic carbocycles. The summed E-state index contributed by atoms with van der Waals surface area (Å²) in [4.78, 5) is 0. The molecule has 106 valence electrons. The number of hydrogen-bond donors (Lipinski definition) is 1. The molecule has 1 atom stereocenters. The van der Waals surface area contributed by atoms with Gasteiger partial charge in [0.15, 0.2) is 0 Å². The van der Waals surface area contributed by atoms with Crippen molar-refractivity contribution in [3.8, 4) is 0 Å². The second kappa shape index (κ2) is 6.66. The van der Waals surface area contributed by atoms with Gasteiger partial charge in [-0.1, -0.05) is 33.6 Å². The minimum atomic E-state index is -0.367. The Balaban J connectivity index is 2.11. The Kier molecular flexibility index (Phi) is 5.13. The standard InChI is InChI=1S/C15H13BrClF2N/c16-10-4-9(5-11(18)7-10)6-12(20)8-13-14(17)2-1-3-15(13)19/h1-5,7,12H,6,8,20H2. The van der Waals surface area contributed by atoms with E-state index in [1.807, 2.05) is 0 Å². The van der Waals surface area contributed by atoms with Gasteiger partial charge in [-0.3, -0.25) is 0 Å². The largest absolute Gasteiger partial charge is 0.327 e. The number of rotatable bonds is 4. The lowest BCUT2D eigenvalue weighted by molar-refractivity contribution is 0.581. The lowest BCUT2D eigenvalue weighted by Gasteiger charge is -2.14. The van der Waals surface area contributed by atoms with Gasteiger partial charge >= 0.3 is 0 Å². The van der Waals surface area contributed by atoms with Crippen molar-refractivity contribution in [3.63, 3.8) is 0 Å². The molecule has 1 unspecified atom stereocenters. The van der Waals surface area contributed by atoms with Crippen LogP contribution in [0.25, 0.3) is 0 Å². The van der Waals surface area contributed by atoms with Crippen LogP contribution in [0.1, 0.15) is 11.1 Å². The van der Waals surface area contributed by atoms with E-state index in [2.05, 4.69) is 15.9 Å². The highest BCUT2D eigenvalue weighted by Crippen LogP contribution is 2.22. The molecular formula is C15H13BrClF2N. The first-order valence-electron chi connectivity index (χ1n) is 6.09. The van der Waals surface area contributed by atoms with Crippen molar-refractivity contribution in [1.82, 2.24) is 0 Å². The van der Waals surface area contributed by atoms with E-state index in [9.17, 15) is 8.78 Å². The molecular weight excluding hydrogens is 348 g/mol. The fraction of sp³-hybridized carbons (Fsp3) is 0.200. The summed E-state index contributed by atoms with van der Waals surface area (Å²) in [6.07, 6.45) is 0.751. The highest BCUT2D eigenvalue weighted by Gasteiger charge is 2.13. The first-order valence-corrected chi connectivity index (χ1v) is 7.26. The Morgan fingerprint density at radius 2 is 1.90 bits per heavy atom. The summed E-state index contributed by atoms with van der Waals surface area (Å²) in [5, 5.41) is 0.362. The third-order valence-corrected chi connectivity index (χ3v) is 3.76. The minimum absolute atomic E-state index is 0.305. The summed E-state index contributed by atoms with van der Waals surface area (Å²) >= 11 is 9.20. The van der Waals surface area contributed by atoms with Crippen LogP contribution in [0.4, 0.5) is 8.78 Å². The van der Waals surface area contributed by atoms with Crippen molar-refractivity contribution < 1.29 is 8.78 Å². The Hall–Kier alpha value is -0.970. The third kappa shape index (κ3) is 4.01. The Morgan fingerprint density at radius 3 is 2.55 bits per heavy atom. The molecule has 0 aliphatic heterocycles. The molecule has 0 spiro atoms. The van der Waals surface area contributed by atoms with Crippen LogP contribution in [0, 0.1) is 11.6 Å². The van der Waals surface area contributed by atoms with Crippen molar-refractivity contribution >= 4 is 27.5 Å². The second-order valence-corrected chi connectivity index (χ2v) is 5.97. The predicted octanol–water partition coefficient (Wildman–Crippen LogP) is 4.49. The maximum absolute atomic E-state index is 13.7. The zero-order valence-electron chi connectivity index (χ0n) is 10.5. The first-order chi connectivity index (χ1) is 9.45. The number of nitrogens with two attached hydrogens (primary N) is 1. The maximum atomic E-state index is 13.7. The Bertz CT molecular complexity index is 578. The maximum Gasteiger partial charge on any atom is 0.127 e. The predicted molar refractivity (Wildman–Crippen MR) is 80.9 cm³/mol. The molecule has 0 amide bonds. The monoisotopic (exact) mass is 359 g/mol. The van der Waals surface area contributed by atoms with Gasteiger partial charge in [-0.25, -0.2) is 8.78 Å². The molecule has 2 N–H and O–H groups in total. The molecule has 0 aromatic heterocycles. The molecule has 2 rings (SSSR count). The van der Waals surface area contributed by atoms with Crippen LogP contribution in [-0.4, -0.2) is 6.04 Å². The van der Waals surface area contributed by atoms with Gasteiger partial charge in [0.1, 0.15) is 11.6 Å². The van der Waals surface area contributed by atoms with Crippen LogP contribution in [0.5, 0.6) is 0 Å². The average Bonchev–Trinajstić information content (AvgIpc) is 2.32. The van der Waals surface area contributed by atoms with Crippen molar-refractivity contribution in [3.05, 3.63) is 68.7 Å². The lowest BCUT2D eigenvalue weighted by atomic mass is 9.99. The van der Waals surface area contributed by atoms with Gasteiger partial charge in [0, 0.05) is 21.1 Å². The molecule has 1 nitrogen and oxygen atoms in total. The SMILES string of the molecule is NC(Cc1cc(F)cc(Br)c1)Cc1c(F)cccc1Cl. The molecule has 5 heteroatoms. The van der Waals surface area contributed by atoms with E-state index < -0.39 is 0 Å². The van der Waals surface area contributed by atoms with Crippen LogP contribution in [0.3, 0.4) is 0 Å². The second-order valence-electron chi connectivity index (χ2n) is 4.65. The zero-order chi connectivity index (χ0) is 14.7. The van der Waals surface area contributed by atoms with E-state index in [0.29, 0.717) is 27.9 Å². The number of benzene rings is 2. The van der Waals surface area contributed by atoms with Crippen LogP contribution in [0.2, 0.25) is 5.02 Å². The highest BCUT2D eigenvalue weighted by molar-refractivity contribution is 9.10. The molecule has 2 aromatic carbocycles. The average molecular weight is 361 g/mol. The molecule has 0 fully saturated rings. The molecule has 0 saturated heterocycles. The molecule has 20 heavy (non-hydrogen) atoms. The summed E-state index contributed by atoms with van der Waals surface area (Å²) in [6.45, 7) is 0. The smallest absolute Gasteiger partial charge is 0.127 e. The zero-order valence-corrected chi connectivity index (χ0v) is 12.9. The molecule has 2 aromatic rings. The van der Waals surface area contributed by atoms with Gasteiger partial charge in [0.05, 0.1) is 0 Å². The summed E-state index contributed by atoms with van der Waals surface area (Å²) < 4.78 is 27.6. The van der Waals surface area contributed by atoms with Crippen molar-refractivity contribution in [2.24, 2.45) is 5.73 Å². The van der Waals surface area contributed by atoms with Gasteiger partial charge in [-0.05, 0) is 48.7 Å². The van der Waals surface area contributed by atoms with Crippen molar-refractivity contribution in [2.45, 2.75) is 18.9 Å². The number of hydrogen-bond acceptors (Lipinski definition) is 1. The van der Waals surface area contributed by atoms with E-state index in [1.54, 1.807) is 18.2 Å². The number of halogens is 4. The normalized spacial score (nSPS) is 12.4. The molecule has 0 aliphatic rings.